The van der Waals surface area contributed by atoms with Crippen molar-refractivity contribution < 1.29 is 27.6 Å². The smallest absolute Gasteiger partial charge is 0.271 e. The molecule has 3 aromatic carbocycles. The van der Waals surface area contributed by atoms with Crippen molar-refractivity contribution >= 4 is 33.0 Å². The van der Waals surface area contributed by atoms with Gasteiger partial charge in [-0.2, -0.15) is 0 Å². The Labute approximate surface area is 196 Å². The Morgan fingerprint density at radius 2 is 1.68 bits per heavy atom. The first-order valence-electron chi connectivity index (χ1n) is 10.0. The fourth-order valence-corrected chi connectivity index (χ4v) is 4.63. The van der Waals surface area contributed by atoms with Crippen molar-refractivity contribution in [3.8, 4) is 11.5 Å². The number of non-ortho nitro benzene ring substituents is 1. The molecule has 0 spiro atoms. The summed E-state index contributed by atoms with van der Waals surface area (Å²) in [6.07, 6.45) is 0. The molecule has 1 N–H and O–H groups in total. The van der Waals surface area contributed by atoms with Crippen molar-refractivity contribution in [3.63, 3.8) is 0 Å². The summed E-state index contributed by atoms with van der Waals surface area (Å²) in [6.45, 7) is 1.08. The highest BCUT2D eigenvalue weighted by Crippen LogP contribution is 2.34. The van der Waals surface area contributed by atoms with Gasteiger partial charge in [0.25, 0.3) is 15.7 Å². The number of anilines is 2. The number of nitro benzene ring substituents is 1. The van der Waals surface area contributed by atoms with E-state index in [2.05, 4.69) is 5.32 Å². The van der Waals surface area contributed by atoms with Crippen LogP contribution in [0.2, 0.25) is 0 Å². The van der Waals surface area contributed by atoms with E-state index in [1.54, 1.807) is 25.1 Å². The summed E-state index contributed by atoms with van der Waals surface area (Å²) in [6, 6.07) is 16.2. The van der Waals surface area contributed by atoms with Gasteiger partial charge in [0.05, 0.1) is 35.4 Å². The first-order valence-corrected chi connectivity index (χ1v) is 11.5. The minimum absolute atomic E-state index is 0.0101. The quantitative estimate of drug-likeness (QED) is 0.361. The summed E-state index contributed by atoms with van der Waals surface area (Å²) >= 11 is 0. The summed E-state index contributed by atoms with van der Waals surface area (Å²) in [5.74, 6) is -0.0129. The van der Waals surface area contributed by atoms with Gasteiger partial charge in [-0.05, 0) is 36.8 Å². The maximum atomic E-state index is 13.5. The number of nitro groups is 1. The number of carbonyl (C=O) groups is 1. The molecule has 0 atom stereocenters. The largest absolute Gasteiger partial charge is 0.493 e. The second-order valence-corrected chi connectivity index (χ2v) is 9.03. The molecule has 0 radical (unpaired) electrons. The standard InChI is InChI=1S/C23H23N3O7S/c1-16-9-10-18(26(28)29)13-20(16)24-23(27)15-25(34(30,31)19-7-5-4-6-8-19)17-11-12-21(32-2)22(14-17)33-3/h4-14H,15H2,1-3H3,(H,24,27). The first-order chi connectivity index (χ1) is 16.2. The van der Waals surface area contributed by atoms with Crippen molar-refractivity contribution in [2.24, 2.45) is 0 Å². The van der Waals surface area contributed by atoms with Crippen LogP contribution in [-0.2, 0) is 14.8 Å². The van der Waals surface area contributed by atoms with Gasteiger partial charge in [0.2, 0.25) is 5.91 Å². The molecule has 0 aliphatic carbocycles. The number of methoxy groups -OCH3 is 2. The fourth-order valence-electron chi connectivity index (χ4n) is 3.19. The van der Waals surface area contributed by atoms with Gasteiger partial charge < -0.3 is 14.8 Å². The number of amides is 1. The van der Waals surface area contributed by atoms with Crippen LogP contribution in [-0.4, -0.2) is 40.0 Å². The van der Waals surface area contributed by atoms with Gasteiger partial charge in [0, 0.05) is 18.2 Å². The van der Waals surface area contributed by atoms with Gasteiger partial charge >= 0.3 is 0 Å². The molecule has 3 aromatic rings. The molecule has 0 bridgehead atoms. The van der Waals surface area contributed by atoms with Crippen LogP contribution in [0, 0.1) is 17.0 Å². The van der Waals surface area contributed by atoms with E-state index < -0.39 is 27.4 Å². The fraction of sp³-hybridized carbons (Fsp3) is 0.174. The van der Waals surface area contributed by atoms with Crippen LogP contribution in [0.4, 0.5) is 17.1 Å². The molecule has 0 aromatic heterocycles. The van der Waals surface area contributed by atoms with Gasteiger partial charge in [0.15, 0.2) is 11.5 Å². The summed E-state index contributed by atoms with van der Waals surface area (Å²) < 4.78 is 38.4. The van der Waals surface area contributed by atoms with Crippen LogP contribution in [0.5, 0.6) is 11.5 Å². The maximum Gasteiger partial charge on any atom is 0.271 e. The Bertz CT molecular complexity index is 1310. The Morgan fingerprint density at radius 3 is 2.29 bits per heavy atom. The zero-order valence-corrected chi connectivity index (χ0v) is 19.5. The Balaban J connectivity index is 2.01. The van der Waals surface area contributed by atoms with E-state index in [-0.39, 0.29) is 27.7 Å². The number of hydrogen-bond acceptors (Lipinski definition) is 7. The van der Waals surface area contributed by atoms with Gasteiger partial charge in [-0.1, -0.05) is 24.3 Å². The third kappa shape index (κ3) is 5.26. The van der Waals surface area contributed by atoms with Crippen molar-refractivity contribution in [2.45, 2.75) is 11.8 Å². The summed E-state index contributed by atoms with van der Waals surface area (Å²) in [4.78, 5) is 23.5. The van der Waals surface area contributed by atoms with Crippen LogP contribution in [0.3, 0.4) is 0 Å². The van der Waals surface area contributed by atoms with Crippen molar-refractivity contribution in [1.29, 1.82) is 0 Å². The molecule has 3 rings (SSSR count). The number of benzene rings is 3. The highest BCUT2D eigenvalue weighted by Gasteiger charge is 2.28. The van der Waals surface area contributed by atoms with Gasteiger partial charge in [-0.3, -0.25) is 19.2 Å². The number of carbonyl (C=O) groups excluding carboxylic acids is 1. The highest BCUT2D eigenvalue weighted by molar-refractivity contribution is 7.92. The lowest BCUT2D eigenvalue weighted by molar-refractivity contribution is -0.384. The molecule has 1 amide bonds. The SMILES string of the molecule is COc1ccc(N(CC(=O)Nc2cc([N+](=O)[O-])ccc2C)S(=O)(=O)c2ccccc2)cc1OC. The molecule has 34 heavy (non-hydrogen) atoms. The number of hydrogen-bond donors (Lipinski definition) is 1. The number of rotatable bonds is 9. The van der Waals surface area contributed by atoms with E-state index in [0.29, 0.717) is 11.3 Å². The molecule has 0 saturated carbocycles. The summed E-state index contributed by atoms with van der Waals surface area (Å²) in [5.41, 5.74) is 0.771. The molecule has 10 nitrogen and oxygen atoms in total. The first kappa shape index (κ1) is 24.5. The lowest BCUT2D eigenvalue weighted by Gasteiger charge is -2.25. The zero-order valence-electron chi connectivity index (χ0n) is 18.7. The van der Waals surface area contributed by atoms with Crippen LogP contribution < -0.4 is 19.1 Å². The van der Waals surface area contributed by atoms with Gasteiger partial charge in [-0.15, -0.1) is 0 Å². The van der Waals surface area contributed by atoms with Crippen LogP contribution >= 0.6 is 0 Å². The third-order valence-corrected chi connectivity index (χ3v) is 6.77. The molecular weight excluding hydrogens is 462 g/mol. The van der Waals surface area contributed by atoms with Gasteiger partial charge in [-0.25, -0.2) is 8.42 Å². The van der Waals surface area contributed by atoms with E-state index in [4.69, 9.17) is 9.47 Å². The number of nitrogens with zero attached hydrogens (tertiary/aromatic N) is 2. The minimum Gasteiger partial charge on any atom is -0.493 e. The number of aryl methyl sites for hydroxylation is 1. The van der Waals surface area contributed by atoms with Crippen molar-refractivity contribution in [1.82, 2.24) is 0 Å². The zero-order chi connectivity index (χ0) is 24.9. The molecule has 0 saturated heterocycles. The van der Waals surface area contributed by atoms with E-state index >= 15 is 0 Å². The molecular formula is C23H23N3O7S. The van der Waals surface area contributed by atoms with E-state index in [0.717, 1.165) is 4.31 Å². The van der Waals surface area contributed by atoms with Crippen LogP contribution in [0.25, 0.3) is 0 Å². The average Bonchev–Trinajstić information content (AvgIpc) is 2.83. The minimum atomic E-state index is -4.15. The maximum absolute atomic E-state index is 13.5. The third-order valence-electron chi connectivity index (χ3n) is 4.98. The number of ether oxygens (including phenoxy) is 2. The Morgan fingerprint density at radius 1 is 1.00 bits per heavy atom. The molecule has 178 valence electrons. The predicted molar refractivity (Wildman–Crippen MR) is 127 cm³/mol. The normalized spacial score (nSPS) is 10.9. The highest BCUT2D eigenvalue weighted by atomic mass is 32.2. The molecule has 0 fully saturated rings. The Hall–Kier alpha value is -4.12. The average molecular weight is 486 g/mol. The van der Waals surface area contributed by atoms with E-state index in [1.165, 1.54) is 62.8 Å². The monoisotopic (exact) mass is 485 g/mol. The lowest BCUT2D eigenvalue weighted by atomic mass is 10.2. The number of nitrogens with one attached hydrogen (secondary N) is 1. The Kier molecular flexibility index (Phi) is 7.37. The van der Waals surface area contributed by atoms with E-state index in [1.807, 2.05) is 0 Å². The van der Waals surface area contributed by atoms with Crippen LogP contribution in [0.15, 0.2) is 71.6 Å². The molecule has 0 unspecified atom stereocenters. The van der Waals surface area contributed by atoms with Crippen molar-refractivity contribution in [2.75, 3.05) is 30.4 Å². The second kappa shape index (κ2) is 10.2. The summed E-state index contributed by atoms with van der Waals surface area (Å²) in [5, 5.41) is 13.7. The molecule has 0 heterocycles. The molecule has 0 aliphatic heterocycles. The molecule has 0 aliphatic rings. The lowest BCUT2D eigenvalue weighted by Crippen LogP contribution is -2.38. The molecule has 11 heteroatoms. The van der Waals surface area contributed by atoms with E-state index in [9.17, 15) is 23.3 Å². The number of sulfonamides is 1. The topological polar surface area (TPSA) is 128 Å². The van der Waals surface area contributed by atoms with Crippen LogP contribution in [0.1, 0.15) is 5.56 Å². The van der Waals surface area contributed by atoms with Gasteiger partial charge in [0.1, 0.15) is 6.54 Å². The van der Waals surface area contributed by atoms with Crippen molar-refractivity contribution in [3.05, 3.63) is 82.4 Å². The summed E-state index contributed by atoms with van der Waals surface area (Å²) in [7, 11) is -1.29. The second-order valence-electron chi connectivity index (χ2n) is 7.17. The predicted octanol–water partition coefficient (Wildman–Crippen LogP) is 3.75.